The van der Waals surface area contributed by atoms with Crippen molar-refractivity contribution < 1.29 is 14.3 Å². The summed E-state index contributed by atoms with van der Waals surface area (Å²) in [4.78, 5) is 27.0. The number of rotatable bonds is 5. The Morgan fingerprint density at radius 1 is 1.18 bits per heavy atom. The van der Waals surface area contributed by atoms with Crippen LogP contribution in [0.3, 0.4) is 0 Å². The minimum absolute atomic E-state index is 0.0792. The van der Waals surface area contributed by atoms with Crippen LogP contribution in [0, 0.1) is 12.8 Å². The molecule has 3 rings (SSSR count). The lowest BCUT2D eigenvalue weighted by molar-refractivity contribution is -0.121. The van der Waals surface area contributed by atoms with Crippen LogP contribution >= 0.6 is 0 Å². The van der Waals surface area contributed by atoms with E-state index >= 15 is 0 Å². The number of urea groups is 1. The van der Waals surface area contributed by atoms with Gasteiger partial charge in [0.05, 0.1) is 18.7 Å². The van der Waals surface area contributed by atoms with E-state index in [1.165, 1.54) is 0 Å². The Labute approximate surface area is 165 Å². The number of carbonyl (C=O) groups is 2. The van der Waals surface area contributed by atoms with Crippen LogP contribution in [-0.4, -0.2) is 37.0 Å². The number of carbonyl (C=O) groups excluding carboxylic acids is 2. The minimum atomic E-state index is -0.235. The summed E-state index contributed by atoms with van der Waals surface area (Å²) in [5, 5.41) is 5.91. The Balaban J connectivity index is 1.57. The predicted molar refractivity (Wildman–Crippen MR) is 109 cm³/mol. The molecule has 0 radical (unpaired) electrons. The van der Waals surface area contributed by atoms with Crippen molar-refractivity contribution in [2.45, 2.75) is 26.3 Å². The molecule has 2 aromatic rings. The van der Waals surface area contributed by atoms with Crippen molar-refractivity contribution >= 4 is 17.6 Å². The third kappa shape index (κ3) is 5.03. The molecule has 148 valence electrons. The Kier molecular flexibility index (Phi) is 6.53. The van der Waals surface area contributed by atoms with Crippen LogP contribution in [0.15, 0.2) is 48.5 Å². The fraction of sp³-hybridized carbons (Fsp3) is 0.364. The quantitative estimate of drug-likeness (QED) is 0.832. The molecule has 3 amide bonds. The van der Waals surface area contributed by atoms with Gasteiger partial charge in [-0.15, -0.1) is 0 Å². The van der Waals surface area contributed by atoms with E-state index in [9.17, 15) is 9.59 Å². The molecule has 2 aromatic carbocycles. The summed E-state index contributed by atoms with van der Waals surface area (Å²) in [6, 6.07) is 15.3. The van der Waals surface area contributed by atoms with Gasteiger partial charge in [0.1, 0.15) is 5.75 Å². The minimum Gasteiger partial charge on any atom is -0.495 e. The number of methoxy groups -OCH3 is 1. The van der Waals surface area contributed by atoms with Crippen molar-refractivity contribution in [2.75, 3.05) is 25.5 Å². The van der Waals surface area contributed by atoms with E-state index in [0.29, 0.717) is 31.1 Å². The summed E-state index contributed by atoms with van der Waals surface area (Å²) in [7, 11) is 1.58. The second kappa shape index (κ2) is 9.26. The largest absolute Gasteiger partial charge is 0.495 e. The number of piperidine rings is 1. The molecule has 1 heterocycles. The zero-order chi connectivity index (χ0) is 19.9. The Hall–Kier alpha value is -3.02. The van der Waals surface area contributed by atoms with Crippen LogP contribution in [-0.2, 0) is 11.3 Å². The van der Waals surface area contributed by atoms with Crippen molar-refractivity contribution in [2.24, 2.45) is 5.92 Å². The lowest BCUT2D eigenvalue weighted by Gasteiger charge is -2.32. The maximum Gasteiger partial charge on any atom is 0.317 e. The van der Waals surface area contributed by atoms with Gasteiger partial charge in [-0.05, 0) is 43.0 Å². The average molecular weight is 381 g/mol. The summed E-state index contributed by atoms with van der Waals surface area (Å²) in [6.45, 7) is 3.53. The standard InChI is InChI=1S/C22H27N3O3/c1-16-10-11-20(28-2)19(13-16)24-21(26)18-9-6-12-25(15-18)22(27)23-14-17-7-4-3-5-8-17/h3-5,7-8,10-11,13,18H,6,9,12,14-15H2,1-2H3,(H,23,27)(H,24,26)/t18-/m0/s1. The zero-order valence-corrected chi connectivity index (χ0v) is 16.4. The third-order valence-corrected chi connectivity index (χ3v) is 4.98. The third-order valence-electron chi connectivity index (χ3n) is 4.98. The molecule has 28 heavy (non-hydrogen) atoms. The highest BCUT2D eigenvalue weighted by molar-refractivity contribution is 5.94. The second-order valence-corrected chi connectivity index (χ2v) is 7.12. The number of hydrogen-bond acceptors (Lipinski definition) is 3. The van der Waals surface area contributed by atoms with Gasteiger partial charge in [0.25, 0.3) is 0 Å². The number of ether oxygens (including phenoxy) is 1. The van der Waals surface area contributed by atoms with E-state index < -0.39 is 0 Å². The van der Waals surface area contributed by atoms with Gasteiger partial charge in [-0.25, -0.2) is 4.79 Å². The molecular weight excluding hydrogens is 354 g/mol. The summed E-state index contributed by atoms with van der Waals surface area (Å²) in [5.74, 6) is 0.318. The predicted octanol–water partition coefficient (Wildman–Crippen LogP) is 3.56. The molecule has 1 aliphatic rings. The van der Waals surface area contributed by atoms with E-state index in [0.717, 1.165) is 24.0 Å². The van der Waals surface area contributed by atoms with E-state index in [2.05, 4.69) is 10.6 Å². The first-order valence-corrected chi connectivity index (χ1v) is 9.59. The fourth-order valence-electron chi connectivity index (χ4n) is 3.42. The summed E-state index contributed by atoms with van der Waals surface area (Å²) < 4.78 is 5.33. The van der Waals surface area contributed by atoms with Crippen LogP contribution in [0.25, 0.3) is 0 Å². The normalized spacial score (nSPS) is 16.4. The molecule has 0 unspecified atom stereocenters. The lowest BCUT2D eigenvalue weighted by atomic mass is 9.97. The maximum absolute atomic E-state index is 12.8. The van der Waals surface area contributed by atoms with Crippen molar-refractivity contribution in [3.05, 3.63) is 59.7 Å². The molecule has 2 N–H and O–H groups in total. The molecule has 6 nitrogen and oxygen atoms in total. The fourth-order valence-corrected chi connectivity index (χ4v) is 3.42. The highest BCUT2D eigenvalue weighted by atomic mass is 16.5. The molecule has 0 aromatic heterocycles. The Morgan fingerprint density at radius 3 is 2.71 bits per heavy atom. The first-order valence-electron chi connectivity index (χ1n) is 9.59. The molecule has 1 aliphatic heterocycles. The van der Waals surface area contributed by atoms with Crippen LogP contribution in [0.1, 0.15) is 24.0 Å². The molecule has 0 spiro atoms. The van der Waals surface area contributed by atoms with Crippen molar-refractivity contribution in [1.29, 1.82) is 0 Å². The number of anilines is 1. The summed E-state index contributed by atoms with van der Waals surface area (Å²) in [6.07, 6.45) is 1.57. The smallest absolute Gasteiger partial charge is 0.317 e. The molecule has 1 atom stereocenters. The zero-order valence-electron chi connectivity index (χ0n) is 16.4. The number of hydrogen-bond donors (Lipinski definition) is 2. The molecule has 0 bridgehead atoms. The van der Waals surface area contributed by atoms with Crippen molar-refractivity contribution in [3.63, 3.8) is 0 Å². The van der Waals surface area contributed by atoms with Gasteiger partial charge >= 0.3 is 6.03 Å². The van der Waals surface area contributed by atoms with Gasteiger partial charge in [0.2, 0.25) is 5.91 Å². The molecule has 0 aliphatic carbocycles. The lowest BCUT2D eigenvalue weighted by Crippen LogP contribution is -2.47. The second-order valence-electron chi connectivity index (χ2n) is 7.12. The topological polar surface area (TPSA) is 70.7 Å². The van der Waals surface area contributed by atoms with E-state index in [1.54, 1.807) is 12.0 Å². The van der Waals surface area contributed by atoms with Crippen molar-refractivity contribution in [1.82, 2.24) is 10.2 Å². The van der Waals surface area contributed by atoms with Crippen LogP contribution < -0.4 is 15.4 Å². The number of likely N-dealkylation sites (tertiary alicyclic amines) is 1. The van der Waals surface area contributed by atoms with Crippen molar-refractivity contribution in [3.8, 4) is 5.75 Å². The number of aryl methyl sites for hydroxylation is 1. The van der Waals surface area contributed by atoms with Crippen LogP contribution in [0.4, 0.5) is 10.5 Å². The molecular formula is C22H27N3O3. The highest BCUT2D eigenvalue weighted by Gasteiger charge is 2.28. The molecule has 0 saturated carbocycles. The molecule has 1 saturated heterocycles. The molecule has 6 heteroatoms. The number of benzene rings is 2. The van der Waals surface area contributed by atoms with Crippen LogP contribution in [0.2, 0.25) is 0 Å². The first kappa shape index (κ1) is 19.7. The summed E-state index contributed by atoms with van der Waals surface area (Å²) in [5.41, 5.74) is 2.76. The van der Waals surface area contributed by atoms with Gasteiger partial charge in [0, 0.05) is 19.6 Å². The Morgan fingerprint density at radius 2 is 1.96 bits per heavy atom. The number of nitrogens with one attached hydrogen (secondary N) is 2. The van der Waals surface area contributed by atoms with Crippen LogP contribution in [0.5, 0.6) is 5.75 Å². The highest BCUT2D eigenvalue weighted by Crippen LogP contribution is 2.27. The van der Waals surface area contributed by atoms with Gasteiger partial charge < -0.3 is 20.3 Å². The number of nitrogens with zero attached hydrogens (tertiary/aromatic N) is 1. The van der Waals surface area contributed by atoms with E-state index in [-0.39, 0.29) is 17.9 Å². The summed E-state index contributed by atoms with van der Waals surface area (Å²) >= 11 is 0. The average Bonchev–Trinajstić information content (AvgIpc) is 2.73. The Bertz CT molecular complexity index is 823. The van der Waals surface area contributed by atoms with Gasteiger partial charge in [-0.3, -0.25) is 4.79 Å². The monoisotopic (exact) mass is 381 g/mol. The van der Waals surface area contributed by atoms with E-state index in [1.807, 2.05) is 55.5 Å². The van der Waals surface area contributed by atoms with E-state index in [4.69, 9.17) is 4.74 Å². The maximum atomic E-state index is 12.8. The number of amides is 3. The first-order chi connectivity index (χ1) is 13.6. The SMILES string of the molecule is COc1ccc(C)cc1NC(=O)[C@H]1CCCN(C(=O)NCc2ccccc2)C1. The van der Waals surface area contributed by atoms with Gasteiger partial charge in [-0.2, -0.15) is 0 Å². The van der Waals surface area contributed by atoms with Gasteiger partial charge in [-0.1, -0.05) is 36.4 Å². The molecule has 1 fully saturated rings. The van der Waals surface area contributed by atoms with Gasteiger partial charge in [0.15, 0.2) is 0 Å².